The van der Waals surface area contributed by atoms with Gasteiger partial charge < -0.3 is 19.3 Å². The highest BCUT2D eigenvalue weighted by Crippen LogP contribution is 2.33. The number of hydrogen-bond donors (Lipinski definition) is 1. The quantitative estimate of drug-likeness (QED) is 0.645. The minimum atomic E-state index is -0.169. The van der Waals surface area contributed by atoms with E-state index in [1.807, 2.05) is 43.0 Å². The van der Waals surface area contributed by atoms with E-state index in [0.717, 1.165) is 35.7 Å². The van der Waals surface area contributed by atoms with Crippen LogP contribution >= 0.6 is 11.6 Å². The first-order valence-corrected chi connectivity index (χ1v) is 10.5. The summed E-state index contributed by atoms with van der Waals surface area (Å²) >= 11 is 6.01. The maximum Gasteiger partial charge on any atom is 0.322 e. The summed E-state index contributed by atoms with van der Waals surface area (Å²) in [7, 11) is 0. The zero-order chi connectivity index (χ0) is 21.3. The van der Waals surface area contributed by atoms with Crippen molar-refractivity contribution in [2.24, 2.45) is 0 Å². The molecule has 3 aromatic rings. The molecule has 4 rings (SSSR count). The molecule has 0 aliphatic carbocycles. The number of rotatable bonds is 5. The molecular formula is C21H25ClN6O2. The van der Waals surface area contributed by atoms with E-state index in [1.165, 1.54) is 0 Å². The number of amides is 2. The second-order valence-electron chi connectivity index (χ2n) is 7.51. The summed E-state index contributed by atoms with van der Waals surface area (Å²) in [5.74, 6) is 2.22. The fraction of sp³-hybridized carbons (Fsp3) is 0.429. The van der Waals surface area contributed by atoms with Crippen LogP contribution < -0.4 is 5.32 Å². The van der Waals surface area contributed by atoms with Crippen LogP contribution in [0.25, 0.3) is 0 Å². The summed E-state index contributed by atoms with van der Waals surface area (Å²) in [6.45, 7) is 7.00. The molecule has 0 radical (unpaired) electrons. The lowest BCUT2D eigenvalue weighted by Crippen LogP contribution is -2.36. The Morgan fingerprint density at radius 3 is 2.77 bits per heavy atom. The van der Waals surface area contributed by atoms with Crippen molar-refractivity contribution in [3.8, 4) is 0 Å². The Morgan fingerprint density at radius 1 is 1.27 bits per heavy atom. The van der Waals surface area contributed by atoms with Gasteiger partial charge in [0.1, 0.15) is 17.2 Å². The van der Waals surface area contributed by atoms with Crippen molar-refractivity contribution < 1.29 is 9.32 Å². The van der Waals surface area contributed by atoms with Crippen molar-refractivity contribution in [1.29, 1.82) is 0 Å². The molecule has 1 fully saturated rings. The smallest absolute Gasteiger partial charge is 0.322 e. The van der Waals surface area contributed by atoms with Crippen LogP contribution in [0.1, 0.15) is 54.5 Å². The maximum atomic E-state index is 13.1. The van der Waals surface area contributed by atoms with Crippen molar-refractivity contribution >= 4 is 23.3 Å². The van der Waals surface area contributed by atoms with E-state index < -0.39 is 0 Å². The first-order valence-electron chi connectivity index (χ1n) is 10.1. The van der Waals surface area contributed by atoms with Crippen LogP contribution in [0.2, 0.25) is 5.02 Å². The van der Waals surface area contributed by atoms with Crippen molar-refractivity contribution in [2.45, 2.75) is 52.6 Å². The highest BCUT2D eigenvalue weighted by atomic mass is 35.5. The Bertz CT molecular complexity index is 1040. The van der Waals surface area contributed by atoms with E-state index in [2.05, 4.69) is 25.2 Å². The van der Waals surface area contributed by atoms with Gasteiger partial charge in [0.2, 0.25) is 0 Å². The number of urea groups is 1. The summed E-state index contributed by atoms with van der Waals surface area (Å²) < 4.78 is 7.31. The van der Waals surface area contributed by atoms with Crippen molar-refractivity contribution in [2.75, 3.05) is 11.9 Å². The third-order valence-corrected chi connectivity index (χ3v) is 5.78. The second-order valence-corrected chi connectivity index (χ2v) is 7.95. The van der Waals surface area contributed by atoms with Gasteiger partial charge in [-0.1, -0.05) is 35.8 Å². The molecule has 1 unspecified atom stereocenters. The molecule has 3 heterocycles. The fourth-order valence-electron chi connectivity index (χ4n) is 3.89. The van der Waals surface area contributed by atoms with Gasteiger partial charge in [0.05, 0.1) is 12.6 Å². The molecule has 2 amide bonds. The van der Waals surface area contributed by atoms with Crippen molar-refractivity contribution in [1.82, 2.24) is 24.8 Å². The molecular weight excluding hydrogens is 404 g/mol. The van der Waals surface area contributed by atoms with Crippen LogP contribution in [-0.4, -0.2) is 37.4 Å². The molecule has 1 saturated heterocycles. The number of aryl methyl sites for hydroxylation is 3. The lowest BCUT2D eigenvalue weighted by molar-refractivity contribution is 0.203. The Balaban J connectivity index is 1.57. The molecule has 1 aromatic carbocycles. The average Bonchev–Trinajstić information content (AvgIpc) is 3.44. The number of nitrogens with one attached hydrogen (secondary N) is 1. The number of aromatic nitrogens is 4. The number of carbonyl (C=O) groups is 1. The summed E-state index contributed by atoms with van der Waals surface area (Å²) in [4.78, 5) is 14.9. The van der Waals surface area contributed by atoms with Crippen LogP contribution in [0.3, 0.4) is 0 Å². The first kappa shape index (κ1) is 20.4. The first-order chi connectivity index (χ1) is 14.5. The molecule has 9 heteroatoms. The predicted octanol–water partition coefficient (Wildman–Crippen LogP) is 4.52. The summed E-state index contributed by atoms with van der Waals surface area (Å²) in [6, 6.07) is 7.43. The van der Waals surface area contributed by atoms with Gasteiger partial charge in [-0.25, -0.2) is 4.79 Å². The second kappa shape index (κ2) is 8.47. The molecule has 8 nitrogen and oxygen atoms in total. The summed E-state index contributed by atoms with van der Waals surface area (Å²) in [5.41, 5.74) is 2.51. The molecule has 30 heavy (non-hydrogen) atoms. The van der Waals surface area contributed by atoms with Crippen molar-refractivity contribution in [3.63, 3.8) is 0 Å². The van der Waals surface area contributed by atoms with E-state index in [0.29, 0.717) is 36.0 Å². The maximum absolute atomic E-state index is 13.1. The van der Waals surface area contributed by atoms with Crippen LogP contribution in [0, 0.1) is 13.8 Å². The summed E-state index contributed by atoms with van der Waals surface area (Å²) in [5, 5.41) is 16.4. The van der Waals surface area contributed by atoms with Crippen LogP contribution in [-0.2, 0) is 13.0 Å². The number of halogens is 1. The third-order valence-electron chi connectivity index (χ3n) is 5.53. The average molecular weight is 429 g/mol. The number of anilines is 1. The molecule has 0 saturated carbocycles. The van der Waals surface area contributed by atoms with Gasteiger partial charge in [0, 0.05) is 11.6 Å². The van der Waals surface area contributed by atoms with Crippen LogP contribution in [0.15, 0.2) is 28.8 Å². The highest BCUT2D eigenvalue weighted by Gasteiger charge is 2.34. The lowest BCUT2D eigenvalue weighted by atomic mass is 10.2. The number of hydrogen-bond acceptors (Lipinski definition) is 5. The fourth-order valence-corrected chi connectivity index (χ4v) is 4.01. The SMILES string of the molecule is CCc1noc(C)c1NC(=O)N1CCCC1c1nnc(C)n1Cc1ccc(Cl)cc1. The normalized spacial score (nSPS) is 16.3. The van der Waals surface area contributed by atoms with E-state index in [-0.39, 0.29) is 12.1 Å². The standard InChI is InChI=1S/C21H25ClN6O2/c1-4-17-19(13(2)30-26-17)23-21(29)27-11-5-6-18(27)20-25-24-14(3)28(20)12-15-7-9-16(22)10-8-15/h7-10,18H,4-6,11-12H2,1-3H3,(H,23,29). The van der Waals surface area contributed by atoms with Crippen LogP contribution in [0.4, 0.5) is 10.5 Å². The molecule has 1 aliphatic heterocycles. The largest absolute Gasteiger partial charge is 0.359 e. The van der Waals surface area contributed by atoms with E-state index in [1.54, 1.807) is 6.92 Å². The molecule has 1 aliphatic rings. The Morgan fingerprint density at radius 2 is 2.03 bits per heavy atom. The molecule has 158 valence electrons. The van der Waals surface area contributed by atoms with E-state index in [9.17, 15) is 4.79 Å². The Labute approximate surface area is 180 Å². The minimum absolute atomic E-state index is 0.135. The molecule has 0 bridgehead atoms. The molecule has 1 atom stereocenters. The number of benzene rings is 1. The van der Waals surface area contributed by atoms with Gasteiger partial charge in [-0.2, -0.15) is 0 Å². The van der Waals surface area contributed by atoms with Gasteiger partial charge in [-0.15, -0.1) is 10.2 Å². The molecule has 2 aromatic heterocycles. The predicted molar refractivity (Wildman–Crippen MR) is 114 cm³/mol. The monoisotopic (exact) mass is 428 g/mol. The highest BCUT2D eigenvalue weighted by molar-refractivity contribution is 6.30. The van der Waals surface area contributed by atoms with Gasteiger partial charge >= 0.3 is 6.03 Å². The van der Waals surface area contributed by atoms with E-state index in [4.69, 9.17) is 16.1 Å². The molecule has 0 spiro atoms. The Kier molecular flexibility index (Phi) is 5.76. The summed E-state index contributed by atoms with van der Waals surface area (Å²) in [6.07, 6.45) is 2.44. The van der Waals surface area contributed by atoms with Gasteiger partial charge in [-0.05, 0) is 50.8 Å². The molecule has 1 N–H and O–H groups in total. The zero-order valence-corrected chi connectivity index (χ0v) is 18.1. The lowest BCUT2D eigenvalue weighted by Gasteiger charge is -2.25. The van der Waals surface area contributed by atoms with Gasteiger partial charge in [-0.3, -0.25) is 0 Å². The number of nitrogens with zero attached hydrogens (tertiary/aromatic N) is 5. The Hall–Kier alpha value is -2.87. The van der Waals surface area contributed by atoms with Gasteiger partial charge in [0.15, 0.2) is 11.6 Å². The zero-order valence-electron chi connectivity index (χ0n) is 17.4. The van der Waals surface area contributed by atoms with Crippen LogP contribution in [0.5, 0.6) is 0 Å². The third kappa shape index (κ3) is 3.92. The topological polar surface area (TPSA) is 89.1 Å². The van der Waals surface area contributed by atoms with Gasteiger partial charge in [0.25, 0.3) is 0 Å². The van der Waals surface area contributed by atoms with E-state index >= 15 is 0 Å². The van der Waals surface area contributed by atoms with Crippen molar-refractivity contribution in [3.05, 3.63) is 58.0 Å². The number of likely N-dealkylation sites (tertiary alicyclic amines) is 1. The number of carbonyl (C=O) groups excluding carboxylic acids is 1. The minimum Gasteiger partial charge on any atom is -0.359 e.